The Bertz CT molecular complexity index is 829. The molecule has 148 valence electrons. The van der Waals surface area contributed by atoms with Crippen LogP contribution in [-0.4, -0.2) is 37.5 Å². The molecule has 0 fully saturated rings. The molecule has 2 rings (SSSR count). The first-order valence-corrected chi connectivity index (χ1v) is 10.7. The zero-order chi connectivity index (χ0) is 19.9. The van der Waals surface area contributed by atoms with Gasteiger partial charge in [-0.1, -0.05) is 24.1 Å². The maximum Gasteiger partial charge on any atom is 0.243 e. The van der Waals surface area contributed by atoms with Crippen LogP contribution in [0.1, 0.15) is 32.4 Å². The molecule has 0 bridgehead atoms. The maximum atomic E-state index is 13.1. The number of aliphatic hydroxyl groups is 1. The number of aliphatic hydroxyl groups excluding tert-OH is 1. The molecule has 0 saturated heterocycles. The maximum absolute atomic E-state index is 13.1. The van der Waals surface area contributed by atoms with E-state index in [1.165, 1.54) is 16.4 Å². The van der Waals surface area contributed by atoms with Gasteiger partial charge in [-0.2, -0.15) is 4.31 Å². The molecule has 0 aliphatic rings. The fourth-order valence-corrected chi connectivity index (χ4v) is 4.33. The summed E-state index contributed by atoms with van der Waals surface area (Å²) in [6.45, 7) is 4.62. The lowest BCUT2D eigenvalue weighted by atomic mass is 10.0. The normalized spacial score (nSPS) is 13.9. The zero-order valence-electron chi connectivity index (χ0n) is 15.6. The van der Waals surface area contributed by atoms with Crippen LogP contribution in [0.4, 0.5) is 0 Å². The molecule has 27 heavy (non-hydrogen) atoms. The lowest BCUT2D eigenvalue weighted by Crippen LogP contribution is -2.34. The quantitative estimate of drug-likeness (QED) is 0.627. The highest BCUT2D eigenvalue weighted by Gasteiger charge is 2.25. The number of benzene rings is 1. The van der Waals surface area contributed by atoms with Crippen molar-refractivity contribution in [3.8, 4) is 0 Å². The number of hydrogen-bond acceptors (Lipinski definition) is 4. The minimum atomic E-state index is -3.66. The van der Waals surface area contributed by atoms with Crippen molar-refractivity contribution in [1.29, 1.82) is 0 Å². The van der Waals surface area contributed by atoms with E-state index in [0.717, 1.165) is 5.57 Å². The highest BCUT2D eigenvalue weighted by Crippen LogP contribution is 2.22. The Balaban J connectivity index is 2.23. The van der Waals surface area contributed by atoms with E-state index < -0.39 is 10.0 Å². The van der Waals surface area contributed by atoms with Gasteiger partial charge < -0.3 is 9.52 Å². The van der Waals surface area contributed by atoms with Gasteiger partial charge in [-0.3, -0.25) is 0 Å². The van der Waals surface area contributed by atoms with Crippen LogP contribution in [0, 0.1) is 5.92 Å². The van der Waals surface area contributed by atoms with Crippen LogP contribution in [-0.2, 0) is 10.0 Å². The Morgan fingerprint density at radius 1 is 1.26 bits per heavy atom. The zero-order valence-corrected chi connectivity index (χ0v) is 17.2. The summed E-state index contributed by atoms with van der Waals surface area (Å²) in [5.41, 5.74) is 0.872. The van der Waals surface area contributed by atoms with Gasteiger partial charge in [0.05, 0.1) is 11.2 Å². The summed E-state index contributed by atoms with van der Waals surface area (Å²) in [5.74, 6) is 0.914. The molecule has 0 radical (unpaired) electrons. The van der Waals surface area contributed by atoms with E-state index in [0.29, 0.717) is 30.2 Å². The average Bonchev–Trinajstić information content (AvgIpc) is 3.12. The first-order chi connectivity index (χ1) is 12.8. The molecule has 0 spiro atoms. The van der Waals surface area contributed by atoms with Crippen molar-refractivity contribution < 1.29 is 17.9 Å². The van der Waals surface area contributed by atoms with Crippen molar-refractivity contribution in [2.75, 3.05) is 19.7 Å². The van der Waals surface area contributed by atoms with Crippen LogP contribution < -0.4 is 0 Å². The number of nitrogens with zero attached hydrogens (tertiary/aromatic N) is 1. The summed E-state index contributed by atoms with van der Waals surface area (Å²) in [4.78, 5) is 0.215. The smallest absolute Gasteiger partial charge is 0.243 e. The second-order valence-electron chi connectivity index (χ2n) is 6.70. The van der Waals surface area contributed by atoms with Gasteiger partial charge in [0.15, 0.2) is 0 Å². The SMILES string of the molecule is CC(=Cc1ccco1)CN(CC[C@@H](C)CCO)S(=O)(=O)c1ccc(Cl)cc1. The molecule has 0 unspecified atom stereocenters. The standard InChI is InChI=1S/C20H26ClNO4S/c1-16(10-12-23)9-11-22(15-17(2)14-19-4-3-13-26-19)27(24,25)20-7-5-18(21)6-8-20/h3-8,13-14,16,23H,9-12,15H2,1-2H3/t16-/m1/s1. The lowest BCUT2D eigenvalue weighted by molar-refractivity contribution is 0.253. The van der Waals surface area contributed by atoms with Gasteiger partial charge in [0.25, 0.3) is 0 Å². The predicted octanol–water partition coefficient (Wildman–Crippen LogP) is 4.44. The molecule has 0 aliphatic carbocycles. The average molecular weight is 412 g/mol. The molecule has 5 nitrogen and oxygen atoms in total. The van der Waals surface area contributed by atoms with Gasteiger partial charge >= 0.3 is 0 Å². The number of furan rings is 1. The minimum absolute atomic E-state index is 0.0997. The molecular weight excluding hydrogens is 386 g/mol. The van der Waals surface area contributed by atoms with Crippen molar-refractivity contribution in [2.24, 2.45) is 5.92 Å². The van der Waals surface area contributed by atoms with Gasteiger partial charge in [-0.05, 0) is 68.2 Å². The van der Waals surface area contributed by atoms with Crippen molar-refractivity contribution in [1.82, 2.24) is 4.31 Å². The van der Waals surface area contributed by atoms with E-state index in [9.17, 15) is 8.42 Å². The fourth-order valence-electron chi connectivity index (χ4n) is 2.71. The largest absolute Gasteiger partial charge is 0.465 e. The summed E-state index contributed by atoms with van der Waals surface area (Å²) in [7, 11) is -3.66. The lowest BCUT2D eigenvalue weighted by Gasteiger charge is -2.24. The summed E-state index contributed by atoms with van der Waals surface area (Å²) < 4.78 is 33.1. The van der Waals surface area contributed by atoms with Gasteiger partial charge in [-0.15, -0.1) is 0 Å². The summed E-state index contributed by atoms with van der Waals surface area (Å²) in [6.07, 6.45) is 4.73. The van der Waals surface area contributed by atoms with Gasteiger partial charge in [0.2, 0.25) is 10.0 Å². The van der Waals surface area contributed by atoms with Crippen molar-refractivity contribution in [3.05, 3.63) is 59.0 Å². The Kier molecular flexibility index (Phi) is 8.10. The van der Waals surface area contributed by atoms with Crippen molar-refractivity contribution >= 4 is 27.7 Å². The Morgan fingerprint density at radius 2 is 1.96 bits per heavy atom. The third kappa shape index (κ3) is 6.50. The first-order valence-electron chi connectivity index (χ1n) is 8.90. The monoisotopic (exact) mass is 411 g/mol. The third-order valence-electron chi connectivity index (χ3n) is 4.30. The van der Waals surface area contributed by atoms with Gasteiger partial charge in [0, 0.05) is 24.7 Å². The van der Waals surface area contributed by atoms with E-state index >= 15 is 0 Å². The molecule has 1 atom stereocenters. The summed E-state index contributed by atoms with van der Waals surface area (Å²) in [5, 5.41) is 9.58. The highest BCUT2D eigenvalue weighted by atomic mass is 35.5. The molecule has 0 saturated carbocycles. The van der Waals surface area contributed by atoms with Crippen LogP contribution in [0.15, 0.2) is 57.5 Å². The third-order valence-corrected chi connectivity index (χ3v) is 6.41. The summed E-state index contributed by atoms with van der Waals surface area (Å²) in [6, 6.07) is 9.81. The van der Waals surface area contributed by atoms with Crippen molar-refractivity contribution in [2.45, 2.75) is 31.6 Å². The van der Waals surface area contributed by atoms with Crippen LogP contribution >= 0.6 is 11.6 Å². The number of hydrogen-bond donors (Lipinski definition) is 1. The molecule has 0 aliphatic heterocycles. The van der Waals surface area contributed by atoms with E-state index in [2.05, 4.69) is 0 Å². The van der Waals surface area contributed by atoms with Crippen LogP contribution in [0.2, 0.25) is 5.02 Å². The molecule has 0 amide bonds. The van der Waals surface area contributed by atoms with Crippen LogP contribution in [0.3, 0.4) is 0 Å². The van der Waals surface area contributed by atoms with E-state index in [-0.39, 0.29) is 24.0 Å². The molecule has 1 aromatic carbocycles. The Labute approximate surface area is 166 Å². The molecule has 1 N–H and O–H groups in total. The second kappa shape index (κ2) is 10.1. The van der Waals surface area contributed by atoms with Crippen molar-refractivity contribution in [3.63, 3.8) is 0 Å². The molecular formula is C20H26ClNO4S. The van der Waals surface area contributed by atoms with Crippen LogP contribution in [0.5, 0.6) is 0 Å². The highest BCUT2D eigenvalue weighted by molar-refractivity contribution is 7.89. The molecule has 1 aromatic heterocycles. The number of sulfonamides is 1. The molecule has 7 heteroatoms. The predicted molar refractivity (Wildman–Crippen MR) is 108 cm³/mol. The first kappa shape index (κ1) is 21.7. The Hall–Kier alpha value is -1.60. The van der Waals surface area contributed by atoms with E-state index in [1.54, 1.807) is 24.5 Å². The van der Waals surface area contributed by atoms with E-state index in [1.807, 2.05) is 26.0 Å². The van der Waals surface area contributed by atoms with E-state index in [4.69, 9.17) is 21.1 Å². The Morgan fingerprint density at radius 3 is 2.56 bits per heavy atom. The topological polar surface area (TPSA) is 70.8 Å². The second-order valence-corrected chi connectivity index (χ2v) is 9.08. The molecule has 2 aromatic rings. The minimum Gasteiger partial charge on any atom is -0.465 e. The summed E-state index contributed by atoms with van der Waals surface area (Å²) >= 11 is 5.89. The van der Waals surface area contributed by atoms with Gasteiger partial charge in [0.1, 0.15) is 5.76 Å². The number of halogens is 1. The fraction of sp³-hybridized carbons (Fsp3) is 0.400. The molecule has 1 heterocycles. The number of rotatable bonds is 10. The van der Waals surface area contributed by atoms with Gasteiger partial charge in [-0.25, -0.2) is 8.42 Å². The van der Waals surface area contributed by atoms with Crippen LogP contribution in [0.25, 0.3) is 6.08 Å².